The Morgan fingerprint density at radius 1 is 0.305 bits per heavy atom. The third-order valence-electron chi connectivity index (χ3n) is 13.3. The Kier molecular flexibility index (Phi) is 8.24. The van der Waals surface area contributed by atoms with E-state index in [0.717, 1.165) is 0 Å². The Morgan fingerprint density at radius 2 is 0.780 bits per heavy atom. The molecule has 2 aliphatic carbocycles. The molecule has 0 bridgehead atoms. The van der Waals surface area contributed by atoms with Gasteiger partial charge in [0.05, 0.1) is 5.41 Å². The fourth-order valence-electron chi connectivity index (χ4n) is 10.6. The highest BCUT2D eigenvalue weighted by Gasteiger charge is 2.46. The van der Waals surface area contributed by atoms with Gasteiger partial charge < -0.3 is 0 Å². The van der Waals surface area contributed by atoms with E-state index in [1.54, 1.807) is 0 Å². The molecule has 0 nitrogen and oxygen atoms in total. The monoisotopic (exact) mass is 752 g/mol. The van der Waals surface area contributed by atoms with Gasteiger partial charge in [0.15, 0.2) is 0 Å². The van der Waals surface area contributed by atoms with Gasteiger partial charge in [0.2, 0.25) is 0 Å². The smallest absolute Gasteiger partial charge is 0.0622 e. The molecule has 0 aliphatic heterocycles. The Balaban J connectivity index is 1.06. The molecule has 0 radical (unpaired) electrons. The molecule has 1 unspecified atom stereocenters. The average Bonchev–Trinajstić information content (AvgIpc) is 3.73. The van der Waals surface area contributed by atoms with Crippen LogP contribution in [0.5, 0.6) is 0 Å². The Hall–Kier alpha value is -7.02. The SMILES string of the molecule is CC1(C)c2ccccc2-c2ccc(C(c3ccc(-c4ccc5c(c4)C(c4ccccc4)(c4ccccc4)c4ccccc4-5)cc3)c3ccccc3-c3ccccc3)cc21. The molecule has 0 saturated carbocycles. The molecule has 2 aliphatic rings. The predicted molar refractivity (Wildman–Crippen MR) is 246 cm³/mol. The zero-order valence-electron chi connectivity index (χ0n) is 33.4. The lowest BCUT2D eigenvalue weighted by atomic mass is 9.67. The molecule has 0 saturated heterocycles. The van der Waals surface area contributed by atoms with Crippen LogP contribution in [-0.4, -0.2) is 0 Å². The lowest BCUT2D eigenvalue weighted by molar-refractivity contribution is 0.659. The maximum absolute atomic E-state index is 2.50. The van der Waals surface area contributed by atoms with E-state index in [1.807, 2.05) is 0 Å². The number of benzene rings is 9. The van der Waals surface area contributed by atoms with Crippen LogP contribution in [0, 0.1) is 0 Å². The van der Waals surface area contributed by atoms with Gasteiger partial charge in [-0.2, -0.15) is 0 Å². The van der Waals surface area contributed by atoms with E-state index in [4.69, 9.17) is 0 Å². The third-order valence-corrected chi connectivity index (χ3v) is 13.3. The molecule has 9 aromatic carbocycles. The summed E-state index contributed by atoms with van der Waals surface area (Å²) in [6.07, 6.45) is 0. The molecule has 9 aromatic rings. The first-order valence-corrected chi connectivity index (χ1v) is 20.9. The highest BCUT2D eigenvalue weighted by atomic mass is 14.5. The van der Waals surface area contributed by atoms with E-state index in [2.05, 4.69) is 238 Å². The number of hydrogen-bond donors (Lipinski definition) is 0. The van der Waals surface area contributed by atoms with Crippen molar-refractivity contribution in [3.05, 3.63) is 275 Å². The van der Waals surface area contributed by atoms with Crippen molar-refractivity contribution in [3.8, 4) is 44.5 Å². The lowest BCUT2D eigenvalue weighted by Crippen LogP contribution is -2.28. The van der Waals surface area contributed by atoms with E-state index in [-0.39, 0.29) is 11.3 Å². The standard InChI is InChI=1S/C59H44/c1-58(2)53-28-16-14-25-48(53)50-37-35-44(39-55(50)58)57(52-27-13-12-24-47(52)41-18-6-3-7-19-41)42-32-30-40(31-33-42)43-34-36-51-49-26-15-17-29-54(49)59(56(51)38-43,45-20-8-4-9-21-45)46-22-10-5-11-23-46/h3-39,57H,1-2H3. The van der Waals surface area contributed by atoms with Gasteiger partial charge in [-0.1, -0.05) is 232 Å². The summed E-state index contributed by atoms with van der Waals surface area (Å²) in [6, 6.07) is 83.7. The van der Waals surface area contributed by atoms with Crippen molar-refractivity contribution in [2.45, 2.75) is 30.6 Å². The van der Waals surface area contributed by atoms with E-state index in [1.165, 1.54) is 94.6 Å². The van der Waals surface area contributed by atoms with E-state index >= 15 is 0 Å². The van der Waals surface area contributed by atoms with Crippen LogP contribution in [0.3, 0.4) is 0 Å². The molecule has 0 amide bonds. The molecule has 1 atom stereocenters. The van der Waals surface area contributed by atoms with Crippen molar-refractivity contribution >= 4 is 0 Å². The molecule has 0 fully saturated rings. The summed E-state index contributed by atoms with van der Waals surface area (Å²) >= 11 is 0. The van der Waals surface area contributed by atoms with Gasteiger partial charge in [-0.3, -0.25) is 0 Å². The van der Waals surface area contributed by atoms with Gasteiger partial charge in [-0.15, -0.1) is 0 Å². The minimum Gasteiger partial charge on any atom is -0.0622 e. The zero-order chi connectivity index (χ0) is 39.6. The Bertz CT molecular complexity index is 2950. The molecule has 0 heterocycles. The third kappa shape index (κ3) is 5.44. The number of rotatable bonds is 7. The second kappa shape index (κ2) is 13.8. The van der Waals surface area contributed by atoms with Gasteiger partial charge in [-0.05, 0) is 101 Å². The average molecular weight is 753 g/mol. The molecular weight excluding hydrogens is 709 g/mol. The minimum atomic E-state index is -0.433. The summed E-state index contributed by atoms with van der Waals surface area (Å²) in [7, 11) is 0. The first-order chi connectivity index (χ1) is 29.0. The molecule has 0 spiro atoms. The van der Waals surface area contributed by atoms with Gasteiger partial charge in [0.1, 0.15) is 0 Å². The van der Waals surface area contributed by atoms with Gasteiger partial charge in [0.25, 0.3) is 0 Å². The minimum absolute atomic E-state index is 0.0311. The highest BCUT2D eigenvalue weighted by molar-refractivity contribution is 5.88. The Labute approximate surface area is 348 Å². The fraction of sp³-hybridized carbons (Fsp3) is 0.0847. The summed E-state index contributed by atoms with van der Waals surface area (Å²) < 4.78 is 0. The van der Waals surface area contributed by atoms with Crippen molar-refractivity contribution in [1.29, 1.82) is 0 Å². The van der Waals surface area contributed by atoms with Crippen LogP contribution in [-0.2, 0) is 10.8 Å². The van der Waals surface area contributed by atoms with Crippen LogP contribution >= 0.6 is 0 Å². The van der Waals surface area contributed by atoms with Crippen molar-refractivity contribution in [3.63, 3.8) is 0 Å². The summed E-state index contributed by atoms with van der Waals surface area (Å²) in [4.78, 5) is 0. The normalized spacial score (nSPS) is 14.5. The van der Waals surface area contributed by atoms with Crippen molar-refractivity contribution < 1.29 is 0 Å². The van der Waals surface area contributed by atoms with E-state index < -0.39 is 5.41 Å². The second-order valence-electron chi connectivity index (χ2n) is 16.8. The summed E-state index contributed by atoms with van der Waals surface area (Å²) in [5, 5.41) is 0. The quantitative estimate of drug-likeness (QED) is 0.142. The van der Waals surface area contributed by atoms with Crippen LogP contribution in [0.4, 0.5) is 0 Å². The summed E-state index contributed by atoms with van der Waals surface area (Å²) in [6.45, 7) is 4.76. The van der Waals surface area contributed by atoms with Gasteiger partial charge in [0, 0.05) is 11.3 Å². The Morgan fingerprint density at radius 3 is 1.46 bits per heavy atom. The van der Waals surface area contributed by atoms with Crippen LogP contribution < -0.4 is 0 Å². The van der Waals surface area contributed by atoms with Crippen LogP contribution in [0.2, 0.25) is 0 Å². The molecular formula is C59H44. The second-order valence-corrected chi connectivity index (χ2v) is 16.8. The van der Waals surface area contributed by atoms with Crippen molar-refractivity contribution in [2.24, 2.45) is 0 Å². The van der Waals surface area contributed by atoms with Crippen LogP contribution in [0.1, 0.15) is 69.8 Å². The summed E-state index contributed by atoms with van der Waals surface area (Å²) in [5.41, 5.74) is 21.6. The van der Waals surface area contributed by atoms with Crippen molar-refractivity contribution in [1.82, 2.24) is 0 Å². The molecule has 0 N–H and O–H groups in total. The fourth-order valence-corrected chi connectivity index (χ4v) is 10.6. The predicted octanol–water partition coefficient (Wildman–Crippen LogP) is 14.9. The maximum atomic E-state index is 2.50. The molecule has 11 rings (SSSR count). The summed E-state index contributed by atoms with van der Waals surface area (Å²) in [5.74, 6) is 0.0311. The molecule has 0 heteroatoms. The lowest BCUT2D eigenvalue weighted by Gasteiger charge is -2.34. The molecule has 59 heavy (non-hydrogen) atoms. The number of fused-ring (bicyclic) bond motifs is 6. The molecule has 280 valence electrons. The van der Waals surface area contributed by atoms with Crippen LogP contribution in [0.15, 0.2) is 224 Å². The maximum Gasteiger partial charge on any atom is 0.0713 e. The van der Waals surface area contributed by atoms with Crippen molar-refractivity contribution in [2.75, 3.05) is 0 Å². The van der Waals surface area contributed by atoms with Gasteiger partial charge >= 0.3 is 0 Å². The topological polar surface area (TPSA) is 0 Å². The molecule has 0 aromatic heterocycles. The van der Waals surface area contributed by atoms with E-state index in [9.17, 15) is 0 Å². The first-order valence-electron chi connectivity index (χ1n) is 20.9. The first kappa shape index (κ1) is 35.2. The highest BCUT2D eigenvalue weighted by Crippen LogP contribution is 2.57. The van der Waals surface area contributed by atoms with Crippen LogP contribution in [0.25, 0.3) is 44.5 Å². The van der Waals surface area contributed by atoms with E-state index in [0.29, 0.717) is 0 Å². The largest absolute Gasteiger partial charge is 0.0713 e. The number of hydrogen-bond acceptors (Lipinski definition) is 0. The van der Waals surface area contributed by atoms with Gasteiger partial charge in [-0.25, -0.2) is 0 Å². The zero-order valence-corrected chi connectivity index (χ0v) is 33.4.